The molecule has 2 rings (SSSR count). The molecule has 19 heavy (non-hydrogen) atoms. The molecule has 1 aromatic carbocycles. The van der Waals surface area contributed by atoms with Gasteiger partial charge < -0.3 is 15.5 Å². The van der Waals surface area contributed by atoms with Gasteiger partial charge in [0.1, 0.15) is 5.52 Å². The zero-order chi connectivity index (χ0) is 13.9. The van der Waals surface area contributed by atoms with Gasteiger partial charge in [0, 0.05) is 20.0 Å². The fourth-order valence-electron chi connectivity index (χ4n) is 2.22. The van der Waals surface area contributed by atoms with Crippen LogP contribution in [-0.2, 0) is 6.54 Å². The van der Waals surface area contributed by atoms with Gasteiger partial charge in [0.2, 0.25) is 0 Å². The Bertz CT molecular complexity index is 545. The predicted molar refractivity (Wildman–Crippen MR) is 77.9 cm³/mol. The van der Waals surface area contributed by atoms with E-state index >= 15 is 0 Å². The van der Waals surface area contributed by atoms with Gasteiger partial charge in [-0.15, -0.1) is 0 Å². The molecule has 0 aliphatic rings. The van der Waals surface area contributed by atoms with Crippen molar-refractivity contribution in [3.8, 4) is 0 Å². The number of hydrogen-bond acceptors (Lipinski definition) is 4. The number of benzene rings is 1. The lowest BCUT2D eigenvalue weighted by atomic mass is 9.89. The molecule has 0 atom stereocenters. The SMILES string of the molecule is Cc1nc2ccc(CNCC(C)(C)CCN)cc2o1. The minimum Gasteiger partial charge on any atom is -0.441 e. The third-order valence-corrected chi connectivity index (χ3v) is 3.31. The van der Waals surface area contributed by atoms with E-state index in [0.717, 1.165) is 37.2 Å². The second-order valence-electron chi connectivity index (χ2n) is 5.84. The highest BCUT2D eigenvalue weighted by molar-refractivity contribution is 5.73. The smallest absolute Gasteiger partial charge is 0.192 e. The van der Waals surface area contributed by atoms with E-state index in [1.54, 1.807) is 0 Å². The zero-order valence-corrected chi connectivity index (χ0v) is 12.0. The number of aryl methyl sites for hydroxylation is 1. The molecule has 2 aromatic rings. The van der Waals surface area contributed by atoms with Crippen LogP contribution in [0.3, 0.4) is 0 Å². The molecular weight excluding hydrogens is 238 g/mol. The summed E-state index contributed by atoms with van der Waals surface area (Å²) in [7, 11) is 0. The second kappa shape index (κ2) is 5.72. The van der Waals surface area contributed by atoms with Crippen molar-refractivity contribution in [2.45, 2.75) is 33.7 Å². The van der Waals surface area contributed by atoms with Gasteiger partial charge in [-0.1, -0.05) is 19.9 Å². The van der Waals surface area contributed by atoms with Crippen LogP contribution in [0.1, 0.15) is 31.7 Å². The van der Waals surface area contributed by atoms with E-state index in [0.29, 0.717) is 5.89 Å². The lowest BCUT2D eigenvalue weighted by molar-refractivity contribution is 0.319. The minimum atomic E-state index is 0.238. The molecule has 0 unspecified atom stereocenters. The van der Waals surface area contributed by atoms with Crippen molar-refractivity contribution in [3.63, 3.8) is 0 Å². The summed E-state index contributed by atoms with van der Waals surface area (Å²) in [5.74, 6) is 0.712. The van der Waals surface area contributed by atoms with Crippen molar-refractivity contribution in [1.82, 2.24) is 10.3 Å². The van der Waals surface area contributed by atoms with Gasteiger partial charge in [-0.3, -0.25) is 0 Å². The summed E-state index contributed by atoms with van der Waals surface area (Å²) in [4.78, 5) is 4.30. The average molecular weight is 261 g/mol. The van der Waals surface area contributed by atoms with Crippen LogP contribution in [0.2, 0.25) is 0 Å². The molecule has 1 aromatic heterocycles. The number of nitrogens with zero attached hydrogens (tertiary/aromatic N) is 1. The highest BCUT2D eigenvalue weighted by Gasteiger charge is 2.15. The van der Waals surface area contributed by atoms with Crippen LogP contribution < -0.4 is 11.1 Å². The average Bonchev–Trinajstić information content (AvgIpc) is 2.68. The summed E-state index contributed by atoms with van der Waals surface area (Å²) in [5.41, 5.74) is 8.85. The van der Waals surface area contributed by atoms with Crippen LogP contribution in [-0.4, -0.2) is 18.1 Å². The first-order valence-electron chi connectivity index (χ1n) is 6.77. The summed E-state index contributed by atoms with van der Waals surface area (Å²) in [6, 6.07) is 6.15. The van der Waals surface area contributed by atoms with E-state index in [9.17, 15) is 0 Å². The molecule has 0 amide bonds. The second-order valence-corrected chi connectivity index (χ2v) is 5.84. The van der Waals surface area contributed by atoms with E-state index in [1.807, 2.05) is 13.0 Å². The van der Waals surface area contributed by atoms with Crippen molar-refractivity contribution < 1.29 is 4.42 Å². The van der Waals surface area contributed by atoms with Crippen molar-refractivity contribution in [1.29, 1.82) is 0 Å². The van der Waals surface area contributed by atoms with Crippen molar-refractivity contribution in [2.75, 3.05) is 13.1 Å². The van der Waals surface area contributed by atoms with Crippen LogP contribution in [0.5, 0.6) is 0 Å². The van der Waals surface area contributed by atoms with Gasteiger partial charge in [0.25, 0.3) is 0 Å². The van der Waals surface area contributed by atoms with Crippen LogP contribution in [0.4, 0.5) is 0 Å². The largest absolute Gasteiger partial charge is 0.441 e. The van der Waals surface area contributed by atoms with Crippen LogP contribution in [0.15, 0.2) is 22.6 Å². The number of hydrogen-bond donors (Lipinski definition) is 2. The molecule has 0 radical (unpaired) electrons. The molecule has 0 fully saturated rings. The van der Waals surface area contributed by atoms with Gasteiger partial charge in [0.15, 0.2) is 11.5 Å². The van der Waals surface area contributed by atoms with Crippen LogP contribution >= 0.6 is 0 Å². The summed E-state index contributed by atoms with van der Waals surface area (Å²) in [6.07, 6.45) is 1.03. The molecule has 0 spiro atoms. The Labute approximate surface area is 114 Å². The quantitative estimate of drug-likeness (QED) is 0.839. The Kier molecular flexibility index (Phi) is 4.22. The minimum absolute atomic E-state index is 0.238. The zero-order valence-electron chi connectivity index (χ0n) is 12.0. The van der Waals surface area contributed by atoms with E-state index in [1.165, 1.54) is 5.56 Å². The van der Waals surface area contributed by atoms with E-state index < -0.39 is 0 Å². The van der Waals surface area contributed by atoms with Crippen molar-refractivity contribution >= 4 is 11.1 Å². The Hall–Kier alpha value is -1.39. The Morgan fingerprint density at radius 1 is 1.37 bits per heavy atom. The Morgan fingerprint density at radius 3 is 2.89 bits per heavy atom. The van der Waals surface area contributed by atoms with E-state index in [4.69, 9.17) is 10.2 Å². The summed E-state index contributed by atoms with van der Waals surface area (Å²) in [6.45, 7) is 8.86. The molecule has 104 valence electrons. The number of nitrogens with one attached hydrogen (secondary N) is 1. The van der Waals surface area contributed by atoms with Gasteiger partial charge in [-0.05, 0) is 36.1 Å². The van der Waals surface area contributed by atoms with Gasteiger partial charge >= 0.3 is 0 Å². The highest BCUT2D eigenvalue weighted by Crippen LogP contribution is 2.19. The Morgan fingerprint density at radius 2 is 2.16 bits per heavy atom. The predicted octanol–water partition coefficient (Wildman–Crippen LogP) is 2.60. The topological polar surface area (TPSA) is 64.1 Å². The van der Waals surface area contributed by atoms with Gasteiger partial charge in [-0.25, -0.2) is 4.98 Å². The number of nitrogens with two attached hydrogens (primary N) is 1. The van der Waals surface area contributed by atoms with E-state index in [-0.39, 0.29) is 5.41 Å². The summed E-state index contributed by atoms with van der Waals surface area (Å²) < 4.78 is 5.54. The Balaban J connectivity index is 1.94. The van der Waals surface area contributed by atoms with Crippen LogP contribution in [0, 0.1) is 12.3 Å². The third-order valence-electron chi connectivity index (χ3n) is 3.31. The van der Waals surface area contributed by atoms with Gasteiger partial charge in [-0.2, -0.15) is 0 Å². The molecule has 0 aliphatic heterocycles. The first kappa shape index (κ1) is 14.0. The number of rotatable bonds is 6. The molecule has 4 heteroatoms. The maximum absolute atomic E-state index is 5.61. The molecule has 0 saturated heterocycles. The molecule has 0 bridgehead atoms. The fourth-order valence-corrected chi connectivity index (χ4v) is 2.22. The van der Waals surface area contributed by atoms with E-state index in [2.05, 4.69) is 36.3 Å². The summed E-state index contributed by atoms with van der Waals surface area (Å²) >= 11 is 0. The van der Waals surface area contributed by atoms with Gasteiger partial charge in [0.05, 0.1) is 0 Å². The molecule has 0 saturated carbocycles. The normalized spacial score (nSPS) is 12.2. The fraction of sp³-hybridized carbons (Fsp3) is 0.533. The molecule has 0 aliphatic carbocycles. The lowest BCUT2D eigenvalue weighted by Gasteiger charge is -2.24. The molecular formula is C15H23N3O. The third kappa shape index (κ3) is 3.78. The number of fused-ring (bicyclic) bond motifs is 1. The van der Waals surface area contributed by atoms with Crippen LogP contribution in [0.25, 0.3) is 11.1 Å². The highest BCUT2D eigenvalue weighted by atomic mass is 16.3. The molecule has 3 N–H and O–H groups in total. The summed E-state index contributed by atoms with van der Waals surface area (Å²) in [5, 5.41) is 3.48. The molecule has 4 nitrogen and oxygen atoms in total. The standard InChI is InChI=1S/C15H23N3O/c1-11-18-13-5-4-12(8-14(13)19-11)9-17-10-15(2,3)6-7-16/h4-5,8,17H,6-7,9-10,16H2,1-3H3. The van der Waals surface area contributed by atoms with Crippen molar-refractivity contribution in [2.24, 2.45) is 11.1 Å². The first-order valence-corrected chi connectivity index (χ1v) is 6.77. The van der Waals surface area contributed by atoms with Crippen molar-refractivity contribution in [3.05, 3.63) is 29.7 Å². The maximum Gasteiger partial charge on any atom is 0.192 e. The number of oxazole rings is 1. The maximum atomic E-state index is 5.61. The lowest BCUT2D eigenvalue weighted by Crippen LogP contribution is -2.30. The number of aromatic nitrogens is 1. The first-order chi connectivity index (χ1) is 9.00. The molecule has 1 heterocycles. The monoisotopic (exact) mass is 261 g/mol.